The van der Waals surface area contributed by atoms with Crippen molar-refractivity contribution in [3.8, 4) is 5.75 Å². The Balaban J connectivity index is 2.12. The second-order valence-corrected chi connectivity index (χ2v) is 4.07. The van der Waals surface area contributed by atoms with Gasteiger partial charge in [0.1, 0.15) is 5.75 Å². The topological polar surface area (TPSA) is 26.3 Å². The average molecular weight is 240 g/mol. The number of hydrogen-bond donors (Lipinski definition) is 0. The number of benzene rings is 2. The molecule has 18 heavy (non-hydrogen) atoms. The van der Waals surface area contributed by atoms with Gasteiger partial charge in [-0.05, 0) is 30.7 Å². The SMILES string of the molecule is CCCOc1ccc(C(=O)c2ccccc2)cc1. The first-order chi connectivity index (χ1) is 8.81. The first-order valence-electron chi connectivity index (χ1n) is 6.14. The van der Waals surface area contributed by atoms with E-state index in [4.69, 9.17) is 4.74 Å². The van der Waals surface area contributed by atoms with Crippen molar-refractivity contribution in [3.63, 3.8) is 0 Å². The Bertz CT molecular complexity index is 500. The molecule has 0 heterocycles. The molecule has 0 fully saturated rings. The van der Waals surface area contributed by atoms with E-state index in [9.17, 15) is 4.79 Å². The first kappa shape index (κ1) is 12.4. The zero-order chi connectivity index (χ0) is 12.8. The molecule has 2 aromatic carbocycles. The zero-order valence-electron chi connectivity index (χ0n) is 10.4. The van der Waals surface area contributed by atoms with Crippen LogP contribution in [0.4, 0.5) is 0 Å². The number of carbonyl (C=O) groups excluding carboxylic acids is 1. The van der Waals surface area contributed by atoms with E-state index in [1.807, 2.05) is 42.5 Å². The van der Waals surface area contributed by atoms with Gasteiger partial charge in [-0.25, -0.2) is 0 Å². The lowest BCUT2D eigenvalue weighted by molar-refractivity contribution is 0.103. The summed E-state index contributed by atoms with van der Waals surface area (Å²) >= 11 is 0. The molecule has 0 saturated carbocycles. The van der Waals surface area contributed by atoms with Gasteiger partial charge in [-0.15, -0.1) is 0 Å². The molecule has 0 atom stereocenters. The van der Waals surface area contributed by atoms with Gasteiger partial charge in [0.25, 0.3) is 0 Å². The lowest BCUT2D eigenvalue weighted by Crippen LogP contribution is -2.01. The van der Waals surface area contributed by atoms with Crippen molar-refractivity contribution in [2.45, 2.75) is 13.3 Å². The molecule has 0 bridgehead atoms. The van der Waals surface area contributed by atoms with Crippen molar-refractivity contribution in [2.24, 2.45) is 0 Å². The van der Waals surface area contributed by atoms with E-state index in [0.717, 1.165) is 12.2 Å². The summed E-state index contributed by atoms with van der Waals surface area (Å²) in [5.74, 6) is 0.846. The summed E-state index contributed by atoms with van der Waals surface area (Å²) < 4.78 is 5.48. The molecule has 0 saturated heterocycles. The highest BCUT2D eigenvalue weighted by molar-refractivity contribution is 6.08. The predicted octanol–water partition coefficient (Wildman–Crippen LogP) is 3.71. The van der Waals surface area contributed by atoms with Crippen molar-refractivity contribution in [2.75, 3.05) is 6.61 Å². The summed E-state index contributed by atoms with van der Waals surface area (Å²) in [6.07, 6.45) is 0.977. The molecule has 2 rings (SSSR count). The normalized spacial score (nSPS) is 10.1. The first-order valence-corrected chi connectivity index (χ1v) is 6.14. The molecule has 0 aromatic heterocycles. The molecule has 2 heteroatoms. The van der Waals surface area contributed by atoms with Crippen molar-refractivity contribution in [3.05, 3.63) is 65.7 Å². The molecule has 0 spiro atoms. The van der Waals surface area contributed by atoms with Gasteiger partial charge in [-0.2, -0.15) is 0 Å². The summed E-state index contributed by atoms with van der Waals surface area (Å²) in [5, 5.41) is 0. The average Bonchev–Trinajstić information content (AvgIpc) is 2.46. The molecule has 0 unspecified atom stereocenters. The molecule has 0 amide bonds. The van der Waals surface area contributed by atoms with Gasteiger partial charge in [0.05, 0.1) is 6.61 Å². The van der Waals surface area contributed by atoms with Crippen LogP contribution in [0.15, 0.2) is 54.6 Å². The van der Waals surface area contributed by atoms with Crippen LogP contribution >= 0.6 is 0 Å². The predicted molar refractivity (Wildman–Crippen MR) is 72.1 cm³/mol. The van der Waals surface area contributed by atoms with E-state index in [1.165, 1.54) is 0 Å². The highest BCUT2D eigenvalue weighted by atomic mass is 16.5. The molecule has 92 valence electrons. The van der Waals surface area contributed by atoms with Gasteiger partial charge in [0.2, 0.25) is 0 Å². The van der Waals surface area contributed by atoms with E-state index in [0.29, 0.717) is 17.7 Å². The van der Waals surface area contributed by atoms with Gasteiger partial charge in [-0.1, -0.05) is 37.3 Å². The monoisotopic (exact) mass is 240 g/mol. The van der Waals surface area contributed by atoms with E-state index < -0.39 is 0 Å². The molecule has 0 aliphatic heterocycles. The zero-order valence-corrected chi connectivity index (χ0v) is 10.4. The molecule has 2 aromatic rings. The minimum atomic E-state index is 0.0395. The van der Waals surface area contributed by atoms with Crippen LogP contribution in [-0.2, 0) is 0 Å². The van der Waals surface area contributed by atoms with Crippen LogP contribution in [0.5, 0.6) is 5.75 Å². The second kappa shape index (κ2) is 6.01. The maximum absolute atomic E-state index is 12.1. The summed E-state index contributed by atoms with van der Waals surface area (Å²) in [6, 6.07) is 16.6. The molecular formula is C16H16O2. The Hall–Kier alpha value is -2.09. The van der Waals surface area contributed by atoms with Crippen LogP contribution in [0.3, 0.4) is 0 Å². The Kier molecular flexibility index (Phi) is 4.13. The number of ether oxygens (including phenoxy) is 1. The molecule has 2 nitrogen and oxygen atoms in total. The lowest BCUT2D eigenvalue weighted by Gasteiger charge is -2.05. The van der Waals surface area contributed by atoms with Crippen molar-refractivity contribution in [1.82, 2.24) is 0 Å². The van der Waals surface area contributed by atoms with E-state index in [2.05, 4.69) is 6.92 Å². The second-order valence-electron chi connectivity index (χ2n) is 4.07. The van der Waals surface area contributed by atoms with E-state index in [1.54, 1.807) is 12.1 Å². The van der Waals surface area contributed by atoms with E-state index >= 15 is 0 Å². The van der Waals surface area contributed by atoms with Gasteiger partial charge in [0, 0.05) is 11.1 Å². The Labute approximate surface area is 107 Å². The maximum Gasteiger partial charge on any atom is 0.193 e. The van der Waals surface area contributed by atoms with Crippen LogP contribution in [0.25, 0.3) is 0 Å². The van der Waals surface area contributed by atoms with Gasteiger partial charge in [0.15, 0.2) is 5.78 Å². The fourth-order valence-corrected chi connectivity index (χ4v) is 1.68. The molecule has 0 N–H and O–H groups in total. The molecule has 0 aliphatic carbocycles. The third-order valence-corrected chi connectivity index (χ3v) is 2.63. The van der Waals surface area contributed by atoms with Crippen LogP contribution in [0.1, 0.15) is 29.3 Å². The summed E-state index contributed by atoms with van der Waals surface area (Å²) in [7, 11) is 0. The van der Waals surface area contributed by atoms with Crippen LogP contribution in [0.2, 0.25) is 0 Å². The minimum Gasteiger partial charge on any atom is -0.494 e. The number of hydrogen-bond acceptors (Lipinski definition) is 2. The highest BCUT2D eigenvalue weighted by Gasteiger charge is 2.07. The highest BCUT2D eigenvalue weighted by Crippen LogP contribution is 2.15. The van der Waals surface area contributed by atoms with Crippen molar-refractivity contribution in [1.29, 1.82) is 0 Å². The lowest BCUT2D eigenvalue weighted by atomic mass is 10.0. The third kappa shape index (κ3) is 2.98. The largest absolute Gasteiger partial charge is 0.494 e. The van der Waals surface area contributed by atoms with Crippen LogP contribution in [0, 0.1) is 0 Å². The van der Waals surface area contributed by atoms with Gasteiger partial charge in [-0.3, -0.25) is 4.79 Å². The standard InChI is InChI=1S/C16H16O2/c1-2-12-18-15-10-8-14(9-11-15)16(17)13-6-4-3-5-7-13/h3-11H,2,12H2,1H3. The quantitative estimate of drug-likeness (QED) is 0.745. The van der Waals surface area contributed by atoms with Crippen LogP contribution in [-0.4, -0.2) is 12.4 Å². The minimum absolute atomic E-state index is 0.0395. The fraction of sp³-hybridized carbons (Fsp3) is 0.188. The summed E-state index contributed by atoms with van der Waals surface area (Å²) in [5.41, 5.74) is 1.39. The van der Waals surface area contributed by atoms with Crippen molar-refractivity contribution >= 4 is 5.78 Å². The van der Waals surface area contributed by atoms with Gasteiger partial charge >= 0.3 is 0 Å². The van der Waals surface area contributed by atoms with E-state index in [-0.39, 0.29) is 5.78 Å². The van der Waals surface area contributed by atoms with Crippen LogP contribution < -0.4 is 4.74 Å². The summed E-state index contributed by atoms with van der Waals surface area (Å²) in [4.78, 5) is 12.1. The molecule has 0 aliphatic rings. The molecular weight excluding hydrogens is 224 g/mol. The fourth-order valence-electron chi connectivity index (χ4n) is 1.68. The molecule has 0 radical (unpaired) electrons. The smallest absolute Gasteiger partial charge is 0.193 e. The Morgan fingerprint density at radius 3 is 2.17 bits per heavy atom. The van der Waals surface area contributed by atoms with Crippen molar-refractivity contribution < 1.29 is 9.53 Å². The third-order valence-electron chi connectivity index (χ3n) is 2.63. The number of rotatable bonds is 5. The maximum atomic E-state index is 12.1. The Morgan fingerprint density at radius 2 is 1.56 bits per heavy atom. The van der Waals surface area contributed by atoms with Gasteiger partial charge < -0.3 is 4.74 Å². The number of carbonyl (C=O) groups is 1. The Morgan fingerprint density at radius 1 is 0.944 bits per heavy atom. The number of ketones is 1. The summed E-state index contributed by atoms with van der Waals surface area (Å²) in [6.45, 7) is 2.76.